The Morgan fingerprint density at radius 2 is 2.21 bits per heavy atom. The molecule has 1 N–H and O–H groups in total. The van der Waals surface area contributed by atoms with Gasteiger partial charge in [0, 0.05) is 19.6 Å². The fourth-order valence-electron chi connectivity index (χ4n) is 1.95. The van der Waals surface area contributed by atoms with Crippen molar-refractivity contribution >= 4 is 17.5 Å². The molecule has 0 saturated carbocycles. The van der Waals surface area contributed by atoms with Crippen molar-refractivity contribution in [3.63, 3.8) is 0 Å². The van der Waals surface area contributed by atoms with Gasteiger partial charge < -0.3 is 10.1 Å². The summed E-state index contributed by atoms with van der Waals surface area (Å²) in [5, 5.41) is 3.18. The highest BCUT2D eigenvalue weighted by molar-refractivity contribution is 6.29. The molecule has 19 heavy (non-hydrogen) atoms. The molecule has 0 bridgehead atoms. The van der Waals surface area contributed by atoms with Gasteiger partial charge in [-0.05, 0) is 25.1 Å². The predicted molar refractivity (Wildman–Crippen MR) is 73.5 cm³/mol. The van der Waals surface area contributed by atoms with Crippen LogP contribution in [0.4, 0.5) is 0 Å². The van der Waals surface area contributed by atoms with Crippen LogP contribution in [0.1, 0.15) is 16.9 Å². The molecule has 0 aromatic carbocycles. The van der Waals surface area contributed by atoms with E-state index >= 15 is 0 Å². The van der Waals surface area contributed by atoms with Crippen LogP contribution < -0.4 is 5.32 Å². The minimum absolute atomic E-state index is 0.176. The van der Waals surface area contributed by atoms with E-state index in [9.17, 15) is 4.79 Å². The van der Waals surface area contributed by atoms with E-state index in [0.717, 1.165) is 39.3 Å². The molecule has 0 unspecified atom stereocenters. The number of amides is 1. The van der Waals surface area contributed by atoms with Crippen molar-refractivity contribution in [3.8, 4) is 0 Å². The summed E-state index contributed by atoms with van der Waals surface area (Å²) in [7, 11) is 0. The molecule has 0 radical (unpaired) electrons. The van der Waals surface area contributed by atoms with Gasteiger partial charge in [0.05, 0.1) is 13.2 Å². The van der Waals surface area contributed by atoms with Crippen LogP contribution in [0.25, 0.3) is 0 Å². The zero-order chi connectivity index (χ0) is 13.5. The third kappa shape index (κ3) is 4.78. The summed E-state index contributed by atoms with van der Waals surface area (Å²) in [6.07, 6.45) is 0.923. The summed E-state index contributed by atoms with van der Waals surface area (Å²) in [5.41, 5.74) is 0.360. The maximum absolute atomic E-state index is 11.8. The highest BCUT2D eigenvalue weighted by Gasteiger charge is 2.10. The van der Waals surface area contributed by atoms with Crippen molar-refractivity contribution in [1.29, 1.82) is 0 Å². The van der Waals surface area contributed by atoms with Crippen LogP contribution in [-0.2, 0) is 4.74 Å². The van der Waals surface area contributed by atoms with Gasteiger partial charge in [0.25, 0.3) is 5.91 Å². The summed E-state index contributed by atoms with van der Waals surface area (Å²) >= 11 is 5.74. The van der Waals surface area contributed by atoms with Crippen LogP contribution in [0.15, 0.2) is 18.2 Å². The molecule has 1 aliphatic heterocycles. The second-order valence-corrected chi connectivity index (χ2v) is 4.80. The van der Waals surface area contributed by atoms with Gasteiger partial charge in [-0.1, -0.05) is 17.7 Å². The quantitative estimate of drug-likeness (QED) is 0.651. The summed E-state index contributed by atoms with van der Waals surface area (Å²) in [6, 6.07) is 5.03. The normalized spacial score (nSPS) is 16.3. The van der Waals surface area contributed by atoms with Crippen LogP contribution in [0.3, 0.4) is 0 Å². The molecule has 1 aliphatic rings. The predicted octanol–water partition coefficient (Wildman–Crippen LogP) is 1.19. The first kappa shape index (κ1) is 14.2. The molecule has 6 heteroatoms. The fraction of sp³-hybridized carbons (Fsp3) is 0.538. The topological polar surface area (TPSA) is 54.5 Å². The maximum atomic E-state index is 11.8. The third-order valence-electron chi connectivity index (χ3n) is 2.99. The van der Waals surface area contributed by atoms with Gasteiger partial charge in [-0.3, -0.25) is 9.69 Å². The molecule has 0 spiro atoms. The first-order chi connectivity index (χ1) is 9.25. The van der Waals surface area contributed by atoms with Crippen LogP contribution in [0, 0.1) is 0 Å². The van der Waals surface area contributed by atoms with Gasteiger partial charge >= 0.3 is 0 Å². The Labute approximate surface area is 117 Å². The van der Waals surface area contributed by atoms with Gasteiger partial charge in [0.2, 0.25) is 0 Å². The SMILES string of the molecule is O=C(NCCCN1CCOCC1)c1cccc(Cl)n1. The molecule has 1 aromatic rings. The average Bonchev–Trinajstić information content (AvgIpc) is 2.44. The first-order valence-corrected chi connectivity index (χ1v) is 6.84. The molecular weight excluding hydrogens is 266 g/mol. The number of aromatic nitrogens is 1. The number of hydrogen-bond donors (Lipinski definition) is 1. The molecular formula is C13H18ClN3O2. The van der Waals surface area contributed by atoms with Crippen molar-refractivity contribution in [2.24, 2.45) is 0 Å². The van der Waals surface area contributed by atoms with E-state index in [-0.39, 0.29) is 5.91 Å². The first-order valence-electron chi connectivity index (χ1n) is 6.46. The fourth-order valence-corrected chi connectivity index (χ4v) is 2.12. The number of carbonyl (C=O) groups excluding carboxylic acids is 1. The summed E-state index contributed by atoms with van der Waals surface area (Å²) in [5.74, 6) is -0.176. The van der Waals surface area contributed by atoms with Gasteiger partial charge in [-0.15, -0.1) is 0 Å². The van der Waals surface area contributed by atoms with E-state index < -0.39 is 0 Å². The smallest absolute Gasteiger partial charge is 0.269 e. The van der Waals surface area contributed by atoms with Gasteiger partial charge in [-0.25, -0.2) is 4.98 Å². The highest BCUT2D eigenvalue weighted by atomic mass is 35.5. The standard InChI is InChI=1S/C13H18ClN3O2/c14-12-4-1-3-11(16-12)13(18)15-5-2-6-17-7-9-19-10-8-17/h1,3-4H,2,5-10H2,(H,15,18). The molecule has 5 nitrogen and oxygen atoms in total. The van der Waals surface area contributed by atoms with Crippen molar-refractivity contribution in [3.05, 3.63) is 29.0 Å². The van der Waals surface area contributed by atoms with E-state index in [2.05, 4.69) is 15.2 Å². The lowest BCUT2D eigenvalue weighted by Gasteiger charge is -2.26. The number of pyridine rings is 1. The number of nitrogens with zero attached hydrogens (tertiary/aromatic N) is 2. The Hall–Kier alpha value is -1.17. The van der Waals surface area contributed by atoms with E-state index in [1.165, 1.54) is 0 Å². The lowest BCUT2D eigenvalue weighted by atomic mass is 10.3. The van der Waals surface area contributed by atoms with E-state index in [0.29, 0.717) is 17.4 Å². The van der Waals surface area contributed by atoms with Crippen LogP contribution >= 0.6 is 11.6 Å². The third-order valence-corrected chi connectivity index (χ3v) is 3.20. The van der Waals surface area contributed by atoms with Crippen LogP contribution in [0.2, 0.25) is 5.15 Å². The van der Waals surface area contributed by atoms with Crippen molar-refractivity contribution in [2.45, 2.75) is 6.42 Å². The molecule has 2 rings (SSSR count). The van der Waals surface area contributed by atoms with Gasteiger partial charge in [0.1, 0.15) is 10.8 Å². The van der Waals surface area contributed by atoms with Gasteiger partial charge in [0.15, 0.2) is 0 Å². The number of rotatable bonds is 5. The lowest BCUT2D eigenvalue weighted by Crippen LogP contribution is -2.38. The van der Waals surface area contributed by atoms with E-state index in [4.69, 9.17) is 16.3 Å². The molecule has 0 atom stereocenters. The minimum atomic E-state index is -0.176. The molecule has 104 valence electrons. The number of morpholine rings is 1. The lowest BCUT2D eigenvalue weighted by molar-refractivity contribution is 0.0374. The number of halogens is 1. The molecule has 1 saturated heterocycles. The molecule has 1 fully saturated rings. The van der Waals surface area contributed by atoms with Crippen LogP contribution in [-0.4, -0.2) is 55.2 Å². The van der Waals surface area contributed by atoms with Crippen molar-refractivity contribution in [2.75, 3.05) is 39.4 Å². The van der Waals surface area contributed by atoms with Crippen molar-refractivity contribution < 1.29 is 9.53 Å². The Balaban J connectivity index is 1.66. The van der Waals surface area contributed by atoms with Crippen LogP contribution in [0.5, 0.6) is 0 Å². The molecule has 0 aliphatic carbocycles. The second-order valence-electron chi connectivity index (χ2n) is 4.41. The Morgan fingerprint density at radius 1 is 1.42 bits per heavy atom. The van der Waals surface area contributed by atoms with E-state index in [1.54, 1.807) is 18.2 Å². The maximum Gasteiger partial charge on any atom is 0.269 e. The largest absolute Gasteiger partial charge is 0.379 e. The molecule has 2 heterocycles. The highest BCUT2D eigenvalue weighted by Crippen LogP contribution is 2.04. The Kier molecular flexibility index (Phi) is 5.57. The Morgan fingerprint density at radius 3 is 2.95 bits per heavy atom. The second kappa shape index (κ2) is 7.43. The zero-order valence-corrected chi connectivity index (χ0v) is 11.5. The number of hydrogen-bond acceptors (Lipinski definition) is 4. The molecule has 1 aromatic heterocycles. The molecule has 1 amide bonds. The van der Waals surface area contributed by atoms with Gasteiger partial charge in [-0.2, -0.15) is 0 Å². The summed E-state index contributed by atoms with van der Waals surface area (Å²) < 4.78 is 5.28. The number of ether oxygens (including phenoxy) is 1. The zero-order valence-electron chi connectivity index (χ0n) is 10.8. The number of nitrogens with one attached hydrogen (secondary N) is 1. The van der Waals surface area contributed by atoms with Crippen molar-refractivity contribution in [1.82, 2.24) is 15.2 Å². The van der Waals surface area contributed by atoms with E-state index in [1.807, 2.05) is 0 Å². The average molecular weight is 284 g/mol. The number of carbonyl (C=O) groups is 1. The summed E-state index contributed by atoms with van der Waals surface area (Å²) in [6.45, 7) is 5.18. The monoisotopic (exact) mass is 283 g/mol. The minimum Gasteiger partial charge on any atom is -0.379 e. The Bertz CT molecular complexity index is 422. The summed E-state index contributed by atoms with van der Waals surface area (Å²) in [4.78, 5) is 18.1.